The standard InChI is InChI=1S/C13H13FN4OS/c1-2-3-18-12(19)16-17-13(18)20-8-10-4-9(7-15)5-11(14)6-10/h4-6H,2-3,8H2,1H3,(H,16,19). The Balaban J connectivity index is 2.15. The number of nitrogens with one attached hydrogen (secondary N) is 1. The van der Waals surface area contributed by atoms with E-state index in [1.807, 2.05) is 13.0 Å². The van der Waals surface area contributed by atoms with Gasteiger partial charge in [0.15, 0.2) is 5.16 Å². The number of nitrogens with zero attached hydrogens (tertiary/aromatic N) is 3. The van der Waals surface area contributed by atoms with E-state index in [-0.39, 0.29) is 11.3 Å². The Bertz CT molecular complexity index is 701. The van der Waals surface area contributed by atoms with Crippen molar-refractivity contribution in [3.63, 3.8) is 0 Å². The molecule has 0 atom stereocenters. The van der Waals surface area contributed by atoms with Crippen molar-refractivity contribution in [1.82, 2.24) is 14.8 Å². The van der Waals surface area contributed by atoms with Gasteiger partial charge in [0.25, 0.3) is 0 Å². The van der Waals surface area contributed by atoms with E-state index in [0.29, 0.717) is 23.0 Å². The second kappa shape index (κ2) is 6.39. The Morgan fingerprint density at radius 1 is 1.50 bits per heavy atom. The third-order valence-electron chi connectivity index (χ3n) is 2.63. The van der Waals surface area contributed by atoms with Crippen molar-refractivity contribution in [3.05, 3.63) is 45.6 Å². The van der Waals surface area contributed by atoms with E-state index >= 15 is 0 Å². The summed E-state index contributed by atoms with van der Waals surface area (Å²) in [4.78, 5) is 11.5. The molecule has 0 fully saturated rings. The number of halogens is 1. The quantitative estimate of drug-likeness (QED) is 0.858. The molecular formula is C13H13FN4OS. The predicted octanol–water partition coefficient (Wildman–Crippen LogP) is 2.28. The van der Waals surface area contributed by atoms with Crippen molar-refractivity contribution in [2.45, 2.75) is 30.8 Å². The van der Waals surface area contributed by atoms with Crippen molar-refractivity contribution < 1.29 is 4.39 Å². The summed E-state index contributed by atoms with van der Waals surface area (Å²) in [5, 5.41) is 15.7. The van der Waals surface area contributed by atoms with Gasteiger partial charge >= 0.3 is 5.69 Å². The number of aromatic amines is 1. The number of rotatable bonds is 5. The highest BCUT2D eigenvalue weighted by atomic mass is 32.2. The Kier molecular flexibility index (Phi) is 4.58. The summed E-state index contributed by atoms with van der Waals surface area (Å²) in [5.74, 6) is 0.00751. The molecule has 0 radical (unpaired) electrons. The minimum atomic E-state index is -0.437. The molecule has 1 aromatic carbocycles. The van der Waals surface area contributed by atoms with Crippen LogP contribution in [0.1, 0.15) is 24.5 Å². The zero-order valence-electron chi connectivity index (χ0n) is 10.9. The minimum absolute atomic E-state index is 0.244. The number of benzene rings is 1. The van der Waals surface area contributed by atoms with Crippen LogP contribution in [0.2, 0.25) is 0 Å². The molecule has 5 nitrogen and oxygen atoms in total. The summed E-state index contributed by atoms with van der Waals surface area (Å²) in [5.41, 5.74) is 0.727. The van der Waals surface area contributed by atoms with E-state index < -0.39 is 5.82 Å². The van der Waals surface area contributed by atoms with Crippen molar-refractivity contribution >= 4 is 11.8 Å². The fourth-order valence-corrected chi connectivity index (χ4v) is 2.68. The summed E-state index contributed by atoms with van der Waals surface area (Å²) in [6.45, 7) is 2.56. The highest BCUT2D eigenvalue weighted by molar-refractivity contribution is 7.98. The Hall–Kier alpha value is -2.07. The van der Waals surface area contributed by atoms with Crippen molar-refractivity contribution in [2.24, 2.45) is 0 Å². The molecule has 20 heavy (non-hydrogen) atoms. The molecule has 0 spiro atoms. The van der Waals surface area contributed by atoms with Crippen LogP contribution in [0.5, 0.6) is 0 Å². The predicted molar refractivity (Wildman–Crippen MR) is 73.8 cm³/mol. The van der Waals surface area contributed by atoms with Gasteiger partial charge in [-0.1, -0.05) is 18.7 Å². The largest absolute Gasteiger partial charge is 0.343 e. The average molecular weight is 292 g/mol. The first-order chi connectivity index (χ1) is 9.63. The van der Waals surface area contributed by atoms with Gasteiger partial charge in [-0.05, 0) is 30.2 Å². The molecule has 7 heteroatoms. The summed E-state index contributed by atoms with van der Waals surface area (Å²) in [7, 11) is 0. The average Bonchev–Trinajstić information content (AvgIpc) is 2.77. The summed E-state index contributed by atoms with van der Waals surface area (Å²) in [6.07, 6.45) is 0.825. The molecule has 0 amide bonds. The Morgan fingerprint density at radius 3 is 3.00 bits per heavy atom. The van der Waals surface area contributed by atoms with Crippen LogP contribution in [-0.2, 0) is 12.3 Å². The maximum atomic E-state index is 13.3. The Morgan fingerprint density at radius 2 is 2.30 bits per heavy atom. The van der Waals surface area contributed by atoms with Gasteiger partial charge in [0, 0.05) is 12.3 Å². The highest BCUT2D eigenvalue weighted by Crippen LogP contribution is 2.21. The van der Waals surface area contributed by atoms with E-state index in [0.717, 1.165) is 6.42 Å². The van der Waals surface area contributed by atoms with Crippen molar-refractivity contribution in [2.75, 3.05) is 0 Å². The van der Waals surface area contributed by atoms with Crippen LogP contribution < -0.4 is 5.69 Å². The lowest BCUT2D eigenvalue weighted by molar-refractivity contribution is 0.603. The molecule has 0 bridgehead atoms. The van der Waals surface area contributed by atoms with E-state index in [4.69, 9.17) is 5.26 Å². The van der Waals surface area contributed by atoms with Crippen molar-refractivity contribution in [1.29, 1.82) is 5.26 Å². The SMILES string of the molecule is CCCn1c(SCc2cc(F)cc(C#N)c2)n[nH]c1=O. The number of nitriles is 1. The lowest BCUT2D eigenvalue weighted by Gasteiger charge is -2.04. The molecule has 2 aromatic rings. The molecule has 0 unspecified atom stereocenters. The number of H-pyrrole nitrogens is 1. The van der Waals surface area contributed by atoms with Gasteiger partial charge in [-0.15, -0.1) is 5.10 Å². The molecule has 0 saturated heterocycles. The highest BCUT2D eigenvalue weighted by Gasteiger charge is 2.09. The van der Waals surface area contributed by atoms with Gasteiger partial charge in [-0.3, -0.25) is 4.57 Å². The molecule has 1 N–H and O–H groups in total. The summed E-state index contributed by atoms with van der Waals surface area (Å²) in [6, 6.07) is 6.11. The van der Waals surface area contributed by atoms with Gasteiger partial charge in [-0.2, -0.15) is 5.26 Å². The maximum absolute atomic E-state index is 13.3. The lowest BCUT2D eigenvalue weighted by Crippen LogP contribution is -2.17. The van der Waals surface area contributed by atoms with Crippen LogP contribution in [0.4, 0.5) is 4.39 Å². The van der Waals surface area contributed by atoms with E-state index in [1.165, 1.54) is 23.9 Å². The fourth-order valence-electron chi connectivity index (χ4n) is 1.78. The normalized spacial score (nSPS) is 10.4. The van der Waals surface area contributed by atoms with Crippen molar-refractivity contribution in [3.8, 4) is 6.07 Å². The first kappa shape index (κ1) is 14.3. The number of hydrogen-bond acceptors (Lipinski definition) is 4. The van der Waals surface area contributed by atoms with Gasteiger partial charge in [0.05, 0.1) is 11.6 Å². The van der Waals surface area contributed by atoms with Crippen LogP contribution in [-0.4, -0.2) is 14.8 Å². The third-order valence-corrected chi connectivity index (χ3v) is 3.67. The molecule has 1 aromatic heterocycles. The second-order valence-corrected chi connectivity index (χ2v) is 5.15. The molecule has 0 aliphatic heterocycles. The number of aromatic nitrogens is 3. The topological polar surface area (TPSA) is 74.5 Å². The van der Waals surface area contributed by atoms with Gasteiger partial charge < -0.3 is 0 Å². The molecule has 0 aliphatic carbocycles. The van der Waals surface area contributed by atoms with Gasteiger partial charge in [0.1, 0.15) is 5.82 Å². The number of hydrogen-bond donors (Lipinski definition) is 1. The molecular weight excluding hydrogens is 279 g/mol. The van der Waals surface area contributed by atoms with Gasteiger partial charge in [-0.25, -0.2) is 14.3 Å². The molecule has 0 saturated carbocycles. The molecule has 2 rings (SSSR count). The van der Waals surface area contributed by atoms with E-state index in [9.17, 15) is 9.18 Å². The minimum Gasteiger partial charge on any atom is -0.270 e. The number of thioether (sulfide) groups is 1. The molecule has 1 heterocycles. The van der Waals surface area contributed by atoms with Crippen LogP contribution in [0.25, 0.3) is 0 Å². The maximum Gasteiger partial charge on any atom is 0.343 e. The molecule has 0 aliphatic rings. The monoisotopic (exact) mass is 292 g/mol. The molecule has 104 valence electrons. The smallest absolute Gasteiger partial charge is 0.270 e. The zero-order chi connectivity index (χ0) is 14.5. The zero-order valence-corrected chi connectivity index (χ0v) is 11.7. The first-order valence-corrected chi connectivity index (χ1v) is 7.10. The van der Waals surface area contributed by atoms with E-state index in [1.54, 1.807) is 10.6 Å². The summed E-state index contributed by atoms with van der Waals surface area (Å²) < 4.78 is 14.9. The van der Waals surface area contributed by atoms with E-state index in [2.05, 4.69) is 10.2 Å². The van der Waals surface area contributed by atoms with Crippen LogP contribution in [0.15, 0.2) is 28.2 Å². The first-order valence-electron chi connectivity index (χ1n) is 6.11. The summed E-state index contributed by atoms with van der Waals surface area (Å²) >= 11 is 1.33. The van der Waals surface area contributed by atoms with Crippen LogP contribution in [0.3, 0.4) is 0 Å². The second-order valence-electron chi connectivity index (χ2n) is 4.21. The fraction of sp³-hybridized carbons (Fsp3) is 0.308. The van der Waals surface area contributed by atoms with Crippen LogP contribution >= 0.6 is 11.8 Å². The lowest BCUT2D eigenvalue weighted by atomic mass is 10.1. The third kappa shape index (κ3) is 3.27. The van der Waals surface area contributed by atoms with Crippen LogP contribution in [0, 0.1) is 17.1 Å². The Labute approximate surface area is 119 Å². The van der Waals surface area contributed by atoms with Gasteiger partial charge in [0.2, 0.25) is 0 Å².